The molecule has 126 valence electrons. The number of hydrogen-bond acceptors (Lipinski definition) is 1. The van der Waals surface area contributed by atoms with E-state index in [1.165, 1.54) is 43.2 Å². The van der Waals surface area contributed by atoms with Gasteiger partial charge in [-0.2, -0.15) is 0 Å². The van der Waals surface area contributed by atoms with Crippen molar-refractivity contribution < 1.29 is 0 Å². The molecule has 0 spiro atoms. The third-order valence-corrected chi connectivity index (χ3v) is 5.50. The Balaban J connectivity index is 1.72. The SMILES string of the molecule is Clc1cnc(-c2ccccc2)cc1-c1cccc(C2CCCCC2)c1. The first-order chi connectivity index (χ1) is 12.3. The molecule has 1 aromatic heterocycles. The van der Waals surface area contributed by atoms with Crippen molar-refractivity contribution in [3.8, 4) is 22.4 Å². The van der Waals surface area contributed by atoms with E-state index in [9.17, 15) is 0 Å². The minimum atomic E-state index is 0.697. The minimum Gasteiger partial charge on any atom is -0.255 e. The van der Waals surface area contributed by atoms with Crippen molar-refractivity contribution in [1.29, 1.82) is 0 Å². The predicted octanol–water partition coefficient (Wildman–Crippen LogP) is 7.12. The summed E-state index contributed by atoms with van der Waals surface area (Å²) in [6.07, 6.45) is 8.47. The van der Waals surface area contributed by atoms with E-state index in [0.717, 1.165) is 16.8 Å². The van der Waals surface area contributed by atoms with Crippen LogP contribution in [0.3, 0.4) is 0 Å². The molecule has 1 nitrogen and oxygen atoms in total. The van der Waals surface area contributed by atoms with Crippen molar-refractivity contribution in [1.82, 2.24) is 4.98 Å². The fourth-order valence-electron chi connectivity index (χ4n) is 3.82. The minimum absolute atomic E-state index is 0.697. The van der Waals surface area contributed by atoms with Gasteiger partial charge in [0.05, 0.1) is 10.7 Å². The van der Waals surface area contributed by atoms with Crippen LogP contribution in [-0.4, -0.2) is 4.98 Å². The first kappa shape index (κ1) is 16.4. The maximum Gasteiger partial charge on any atom is 0.0709 e. The summed E-state index contributed by atoms with van der Waals surface area (Å²) in [6, 6.07) is 21.3. The first-order valence-corrected chi connectivity index (χ1v) is 9.50. The molecule has 25 heavy (non-hydrogen) atoms. The van der Waals surface area contributed by atoms with Gasteiger partial charge in [-0.15, -0.1) is 0 Å². The van der Waals surface area contributed by atoms with Crippen molar-refractivity contribution in [3.63, 3.8) is 0 Å². The second-order valence-electron chi connectivity index (χ2n) is 6.88. The number of pyridine rings is 1. The van der Waals surface area contributed by atoms with E-state index in [2.05, 4.69) is 47.4 Å². The Labute approximate surface area is 154 Å². The van der Waals surface area contributed by atoms with Crippen LogP contribution >= 0.6 is 11.6 Å². The van der Waals surface area contributed by atoms with Crippen LogP contribution in [0.1, 0.15) is 43.6 Å². The molecular weight excluding hydrogens is 326 g/mol. The largest absolute Gasteiger partial charge is 0.255 e. The number of halogens is 1. The zero-order valence-corrected chi connectivity index (χ0v) is 15.0. The topological polar surface area (TPSA) is 12.9 Å². The number of nitrogens with zero attached hydrogens (tertiary/aromatic N) is 1. The fourth-order valence-corrected chi connectivity index (χ4v) is 4.04. The Morgan fingerprint density at radius 2 is 1.56 bits per heavy atom. The van der Waals surface area contributed by atoms with Crippen molar-refractivity contribution in [3.05, 3.63) is 77.4 Å². The van der Waals surface area contributed by atoms with E-state index < -0.39 is 0 Å². The quantitative estimate of drug-likeness (QED) is 0.491. The van der Waals surface area contributed by atoms with Gasteiger partial charge < -0.3 is 0 Å². The molecule has 2 aromatic carbocycles. The van der Waals surface area contributed by atoms with Gasteiger partial charge in [0.1, 0.15) is 0 Å². The van der Waals surface area contributed by atoms with Gasteiger partial charge in [0.15, 0.2) is 0 Å². The van der Waals surface area contributed by atoms with E-state index in [1.807, 2.05) is 18.2 Å². The third-order valence-electron chi connectivity index (χ3n) is 5.20. The van der Waals surface area contributed by atoms with Crippen molar-refractivity contribution in [2.75, 3.05) is 0 Å². The number of hydrogen-bond donors (Lipinski definition) is 0. The molecule has 1 aliphatic rings. The molecule has 0 aliphatic heterocycles. The Morgan fingerprint density at radius 1 is 0.800 bits per heavy atom. The van der Waals surface area contributed by atoms with Crippen LogP contribution in [-0.2, 0) is 0 Å². The van der Waals surface area contributed by atoms with Crippen molar-refractivity contribution >= 4 is 11.6 Å². The lowest BCUT2D eigenvalue weighted by molar-refractivity contribution is 0.444. The summed E-state index contributed by atoms with van der Waals surface area (Å²) in [4.78, 5) is 4.52. The molecular formula is C23H22ClN. The summed E-state index contributed by atoms with van der Waals surface area (Å²) in [6.45, 7) is 0. The molecule has 4 rings (SSSR count). The highest BCUT2D eigenvalue weighted by molar-refractivity contribution is 6.33. The summed E-state index contributed by atoms with van der Waals surface area (Å²) in [7, 11) is 0. The third kappa shape index (κ3) is 3.62. The Kier molecular flexibility index (Phi) is 4.85. The van der Waals surface area contributed by atoms with E-state index in [1.54, 1.807) is 6.20 Å². The maximum absolute atomic E-state index is 6.49. The molecule has 1 heterocycles. The second-order valence-corrected chi connectivity index (χ2v) is 7.28. The zero-order valence-electron chi connectivity index (χ0n) is 14.3. The van der Waals surface area contributed by atoms with E-state index in [-0.39, 0.29) is 0 Å². The number of benzene rings is 2. The molecule has 0 saturated heterocycles. The lowest BCUT2D eigenvalue weighted by Crippen LogP contribution is -2.04. The molecule has 0 bridgehead atoms. The molecule has 0 atom stereocenters. The standard InChI is InChI=1S/C23H22ClN/c24-22-16-25-23(18-10-5-2-6-11-18)15-21(22)20-13-7-12-19(14-20)17-8-3-1-4-9-17/h2,5-7,10-17H,1,3-4,8-9H2. The van der Waals surface area contributed by atoms with Crippen LogP contribution in [0.5, 0.6) is 0 Å². The molecule has 3 aromatic rings. The van der Waals surface area contributed by atoms with Crippen LogP contribution in [0.2, 0.25) is 5.02 Å². The Morgan fingerprint density at radius 3 is 2.36 bits per heavy atom. The van der Waals surface area contributed by atoms with Crippen LogP contribution in [0.15, 0.2) is 66.9 Å². The van der Waals surface area contributed by atoms with Crippen LogP contribution < -0.4 is 0 Å². The van der Waals surface area contributed by atoms with Crippen LogP contribution in [0.25, 0.3) is 22.4 Å². The predicted molar refractivity (Wildman–Crippen MR) is 106 cm³/mol. The molecule has 1 fully saturated rings. The van der Waals surface area contributed by atoms with Gasteiger partial charge in [-0.3, -0.25) is 4.98 Å². The molecule has 1 aliphatic carbocycles. The van der Waals surface area contributed by atoms with Gasteiger partial charge in [-0.25, -0.2) is 0 Å². The van der Waals surface area contributed by atoms with Gasteiger partial charge in [-0.05, 0) is 36.0 Å². The van der Waals surface area contributed by atoms with Gasteiger partial charge >= 0.3 is 0 Å². The normalized spacial score (nSPS) is 15.2. The Bertz CT molecular complexity index is 851. The van der Waals surface area contributed by atoms with Crippen LogP contribution in [0.4, 0.5) is 0 Å². The van der Waals surface area contributed by atoms with E-state index in [0.29, 0.717) is 10.9 Å². The monoisotopic (exact) mass is 347 g/mol. The van der Waals surface area contributed by atoms with Gasteiger partial charge in [-0.1, -0.05) is 85.5 Å². The summed E-state index contributed by atoms with van der Waals surface area (Å²) in [5.41, 5.74) is 5.78. The van der Waals surface area contributed by atoms with Crippen molar-refractivity contribution in [2.24, 2.45) is 0 Å². The smallest absolute Gasteiger partial charge is 0.0709 e. The fraction of sp³-hybridized carbons (Fsp3) is 0.261. The lowest BCUT2D eigenvalue weighted by Gasteiger charge is -2.22. The summed E-state index contributed by atoms with van der Waals surface area (Å²) < 4.78 is 0. The highest BCUT2D eigenvalue weighted by Crippen LogP contribution is 2.36. The number of aromatic nitrogens is 1. The second kappa shape index (κ2) is 7.41. The van der Waals surface area contributed by atoms with Crippen LogP contribution in [0, 0.1) is 0 Å². The molecule has 0 N–H and O–H groups in total. The highest BCUT2D eigenvalue weighted by Gasteiger charge is 2.16. The number of rotatable bonds is 3. The summed E-state index contributed by atoms with van der Waals surface area (Å²) >= 11 is 6.49. The molecule has 0 amide bonds. The average molecular weight is 348 g/mol. The van der Waals surface area contributed by atoms with Gasteiger partial charge in [0, 0.05) is 17.3 Å². The first-order valence-electron chi connectivity index (χ1n) is 9.12. The maximum atomic E-state index is 6.49. The summed E-state index contributed by atoms with van der Waals surface area (Å²) in [5, 5.41) is 0.709. The Hall–Kier alpha value is -2.12. The molecule has 0 radical (unpaired) electrons. The van der Waals surface area contributed by atoms with E-state index >= 15 is 0 Å². The lowest BCUT2D eigenvalue weighted by atomic mass is 9.83. The van der Waals surface area contributed by atoms with Crippen molar-refractivity contribution in [2.45, 2.75) is 38.0 Å². The zero-order chi connectivity index (χ0) is 17.1. The van der Waals surface area contributed by atoms with Gasteiger partial charge in [0.25, 0.3) is 0 Å². The van der Waals surface area contributed by atoms with Gasteiger partial charge in [0.2, 0.25) is 0 Å². The highest BCUT2D eigenvalue weighted by atomic mass is 35.5. The summed E-state index contributed by atoms with van der Waals surface area (Å²) in [5.74, 6) is 0.697. The molecule has 1 saturated carbocycles. The van der Waals surface area contributed by atoms with E-state index in [4.69, 9.17) is 11.6 Å². The molecule has 2 heteroatoms. The average Bonchev–Trinajstić information content (AvgIpc) is 2.70. The molecule has 0 unspecified atom stereocenters.